The van der Waals surface area contributed by atoms with E-state index in [0.717, 1.165) is 11.3 Å². The minimum absolute atomic E-state index is 0.000744. The molecule has 0 N–H and O–H groups in total. The summed E-state index contributed by atoms with van der Waals surface area (Å²) in [6, 6.07) is 11.5. The molecule has 0 atom stereocenters. The van der Waals surface area contributed by atoms with Gasteiger partial charge in [-0.25, -0.2) is 0 Å². The fourth-order valence-corrected chi connectivity index (χ4v) is 1.87. The minimum atomic E-state index is 0.000744. The Morgan fingerprint density at radius 3 is 2.44 bits per heavy atom. The van der Waals surface area contributed by atoms with Gasteiger partial charge in [0.2, 0.25) is 0 Å². The van der Waals surface area contributed by atoms with Crippen LogP contribution in [-0.4, -0.2) is 4.57 Å². The normalized spacial score (nSPS) is 10.4. The number of alkyl halides is 1. The minimum Gasteiger partial charge on any atom is -0.284 e. The number of rotatable bonds is 2. The third-order valence-corrected chi connectivity index (χ3v) is 3.10. The van der Waals surface area contributed by atoms with Crippen LogP contribution in [0.25, 0.3) is 5.69 Å². The Morgan fingerprint density at radius 2 is 1.88 bits per heavy atom. The lowest BCUT2D eigenvalue weighted by atomic mass is 10.2. The molecule has 0 radical (unpaired) electrons. The van der Waals surface area contributed by atoms with Crippen molar-refractivity contribution in [1.29, 1.82) is 0 Å². The first kappa shape index (κ1) is 11.1. The quantitative estimate of drug-likeness (QED) is 0.774. The van der Waals surface area contributed by atoms with E-state index in [2.05, 4.69) is 15.9 Å². The van der Waals surface area contributed by atoms with Crippen LogP contribution in [0, 0.1) is 6.92 Å². The molecular formula is C13H12BrNO. The number of hydrogen-bond acceptors (Lipinski definition) is 1. The predicted molar refractivity (Wildman–Crippen MR) is 69.4 cm³/mol. The van der Waals surface area contributed by atoms with Crippen molar-refractivity contribution in [1.82, 2.24) is 4.57 Å². The van der Waals surface area contributed by atoms with E-state index in [9.17, 15) is 4.79 Å². The highest BCUT2D eigenvalue weighted by Gasteiger charge is 1.99. The average molecular weight is 278 g/mol. The molecule has 0 amide bonds. The number of benzene rings is 1. The zero-order valence-electron chi connectivity index (χ0n) is 8.98. The van der Waals surface area contributed by atoms with E-state index in [4.69, 9.17) is 0 Å². The van der Waals surface area contributed by atoms with Gasteiger partial charge in [-0.15, -0.1) is 0 Å². The van der Waals surface area contributed by atoms with E-state index in [-0.39, 0.29) is 5.56 Å². The van der Waals surface area contributed by atoms with Crippen molar-refractivity contribution in [2.75, 3.05) is 0 Å². The van der Waals surface area contributed by atoms with Gasteiger partial charge >= 0.3 is 0 Å². The van der Waals surface area contributed by atoms with E-state index in [0.29, 0.717) is 5.33 Å². The highest BCUT2D eigenvalue weighted by atomic mass is 79.9. The molecule has 2 aromatic rings. The van der Waals surface area contributed by atoms with Gasteiger partial charge < -0.3 is 0 Å². The molecule has 1 aromatic heterocycles. The molecule has 0 aliphatic rings. The monoisotopic (exact) mass is 277 g/mol. The molecule has 0 aliphatic heterocycles. The lowest BCUT2D eigenvalue weighted by Crippen LogP contribution is -2.16. The van der Waals surface area contributed by atoms with Crippen molar-refractivity contribution in [3.05, 3.63) is 64.1 Å². The first-order valence-corrected chi connectivity index (χ1v) is 6.17. The lowest BCUT2D eigenvalue weighted by Gasteiger charge is -2.06. The summed E-state index contributed by atoms with van der Waals surface area (Å²) in [5.41, 5.74) is 3.08. The Morgan fingerprint density at radius 1 is 1.19 bits per heavy atom. The lowest BCUT2D eigenvalue weighted by molar-refractivity contribution is 0.980. The van der Waals surface area contributed by atoms with Crippen LogP contribution in [0.15, 0.2) is 47.4 Å². The molecule has 2 rings (SSSR count). The Bertz CT molecular complexity index is 543. The summed E-state index contributed by atoms with van der Waals surface area (Å²) in [6.45, 7) is 2.03. The van der Waals surface area contributed by atoms with Crippen molar-refractivity contribution < 1.29 is 0 Å². The molecule has 3 heteroatoms. The molecule has 0 saturated carbocycles. The zero-order valence-corrected chi connectivity index (χ0v) is 10.6. The summed E-state index contributed by atoms with van der Waals surface area (Å²) < 4.78 is 1.64. The van der Waals surface area contributed by atoms with Gasteiger partial charge in [-0.2, -0.15) is 0 Å². The Balaban J connectivity index is 2.48. The van der Waals surface area contributed by atoms with Crippen LogP contribution in [0.4, 0.5) is 0 Å². The second-order valence-electron chi connectivity index (χ2n) is 3.71. The van der Waals surface area contributed by atoms with Gasteiger partial charge in [0.25, 0.3) is 5.56 Å². The van der Waals surface area contributed by atoms with Crippen LogP contribution in [-0.2, 0) is 5.33 Å². The maximum absolute atomic E-state index is 11.8. The Hall–Kier alpha value is -1.35. The largest absolute Gasteiger partial charge is 0.284 e. The van der Waals surface area contributed by atoms with Crippen LogP contribution < -0.4 is 5.56 Å². The van der Waals surface area contributed by atoms with Gasteiger partial charge in [0.05, 0.1) is 0 Å². The number of halogens is 1. The summed E-state index contributed by atoms with van der Waals surface area (Å²) in [5.74, 6) is 0. The third-order valence-electron chi connectivity index (χ3n) is 2.45. The van der Waals surface area contributed by atoms with Gasteiger partial charge in [0.1, 0.15) is 0 Å². The molecule has 0 bridgehead atoms. The number of aromatic nitrogens is 1. The van der Waals surface area contributed by atoms with Gasteiger partial charge in [0, 0.05) is 23.3 Å². The zero-order chi connectivity index (χ0) is 11.5. The van der Waals surface area contributed by atoms with E-state index in [1.54, 1.807) is 10.6 Å². The van der Waals surface area contributed by atoms with E-state index in [1.165, 1.54) is 5.56 Å². The van der Waals surface area contributed by atoms with Crippen LogP contribution in [0.3, 0.4) is 0 Å². The molecule has 0 unspecified atom stereocenters. The molecule has 82 valence electrons. The van der Waals surface area contributed by atoms with E-state index in [1.807, 2.05) is 43.5 Å². The first-order valence-electron chi connectivity index (χ1n) is 5.05. The molecule has 0 spiro atoms. The average Bonchev–Trinajstić information content (AvgIpc) is 2.30. The molecule has 0 fully saturated rings. The van der Waals surface area contributed by atoms with Crippen molar-refractivity contribution in [3.8, 4) is 5.69 Å². The van der Waals surface area contributed by atoms with E-state index < -0.39 is 0 Å². The third kappa shape index (κ3) is 2.25. The maximum atomic E-state index is 11.8. The molecule has 1 aromatic carbocycles. The van der Waals surface area contributed by atoms with Crippen LogP contribution in [0.1, 0.15) is 11.1 Å². The van der Waals surface area contributed by atoms with Crippen LogP contribution in [0.5, 0.6) is 0 Å². The summed E-state index contributed by atoms with van der Waals surface area (Å²) in [5, 5.41) is 0.705. The van der Waals surface area contributed by atoms with Gasteiger partial charge in [-0.1, -0.05) is 33.6 Å². The first-order chi connectivity index (χ1) is 7.70. The van der Waals surface area contributed by atoms with Crippen LogP contribution >= 0.6 is 15.9 Å². The predicted octanol–water partition coefficient (Wildman–Crippen LogP) is 3.04. The Kier molecular flexibility index (Phi) is 3.25. The topological polar surface area (TPSA) is 22.0 Å². The van der Waals surface area contributed by atoms with Gasteiger partial charge in [-0.05, 0) is 30.7 Å². The van der Waals surface area contributed by atoms with Crippen LogP contribution in [0.2, 0.25) is 0 Å². The Labute approximate surface area is 103 Å². The van der Waals surface area contributed by atoms with Crippen molar-refractivity contribution >= 4 is 15.9 Å². The second-order valence-corrected chi connectivity index (χ2v) is 4.27. The highest BCUT2D eigenvalue weighted by molar-refractivity contribution is 9.08. The maximum Gasteiger partial charge on any atom is 0.255 e. The SMILES string of the molecule is Cc1ccc(-n2ccc(CBr)cc2=O)cc1. The van der Waals surface area contributed by atoms with Gasteiger partial charge in [-0.3, -0.25) is 9.36 Å². The molecule has 16 heavy (non-hydrogen) atoms. The summed E-state index contributed by atoms with van der Waals surface area (Å²) in [7, 11) is 0. The summed E-state index contributed by atoms with van der Waals surface area (Å²) >= 11 is 3.33. The number of hydrogen-bond donors (Lipinski definition) is 0. The fraction of sp³-hybridized carbons (Fsp3) is 0.154. The fourth-order valence-electron chi connectivity index (χ4n) is 1.52. The molecule has 2 nitrogen and oxygen atoms in total. The smallest absolute Gasteiger partial charge is 0.255 e. The molecular weight excluding hydrogens is 266 g/mol. The van der Waals surface area contributed by atoms with Crippen molar-refractivity contribution in [2.24, 2.45) is 0 Å². The number of nitrogens with zero attached hydrogens (tertiary/aromatic N) is 1. The highest BCUT2D eigenvalue weighted by Crippen LogP contribution is 2.08. The summed E-state index contributed by atoms with van der Waals surface area (Å²) in [6.07, 6.45) is 1.81. The van der Waals surface area contributed by atoms with Gasteiger partial charge in [0.15, 0.2) is 0 Å². The van der Waals surface area contributed by atoms with Crippen molar-refractivity contribution in [3.63, 3.8) is 0 Å². The van der Waals surface area contributed by atoms with E-state index >= 15 is 0 Å². The molecule has 0 saturated heterocycles. The number of aryl methyl sites for hydroxylation is 1. The summed E-state index contributed by atoms with van der Waals surface area (Å²) in [4.78, 5) is 11.8. The molecule has 1 heterocycles. The second kappa shape index (κ2) is 4.66. The molecule has 0 aliphatic carbocycles. The standard InChI is InChI=1S/C13H12BrNO/c1-10-2-4-12(5-3-10)15-7-6-11(9-14)8-13(15)16/h2-8H,9H2,1H3. The number of pyridine rings is 1. The van der Waals surface area contributed by atoms with Crippen molar-refractivity contribution in [2.45, 2.75) is 12.3 Å².